The van der Waals surface area contributed by atoms with Crippen LogP contribution in [-0.2, 0) is 0 Å². The molecule has 0 saturated carbocycles. The Morgan fingerprint density at radius 2 is 1.53 bits per heavy atom. The van der Waals surface area contributed by atoms with E-state index in [1.54, 1.807) is 17.7 Å². The summed E-state index contributed by atoms with van der Waals surface area (Å²) in [5.74, 6) is 2.39. The molecule has 0 spiro atoms. The van der Waals surface area contributed by atoms with Gasteiger partial charge in [0, 0.05) is 23.7 Å². The second-order valence-electron chi connectivity index (χ2n) is 7.56. The molecule has 0 unspecified atom stereocenters. The SMILES string of the molecule is CN(c1ccc2c(c1)OCO2)c1ncnc2cc(-c3ccc(-c4ccccc4)cc3)sc12. The number of benzene rings is 3. The number of nitrogens with zero attached hydrogens (tertiary/aromatic N) is 3. The van der Waals surface area contributed by atoms with Crippen LogP contribution in [0, 0.1) is 0 Å². The van der Waals surface area contributed by atoms with E-state index in [9.17, 15) is 0 Å². The monoisotopic (exact) mass is 437 g/mol. The zero-order valence-corrected chi connectivity index (χ0v) is 18.2. The summed E-state index contributed by atoms with van der Waals surface area (Å²) in [4.78, 5) is 12.3. The minimum atomic E-state index is 0.262. The van der Waals surface area contributed by atoms with Gasteiger partial charge < -0.3 is 14.4 Å². The van der Waals surface area contributed by atoms with Gasteiger partial charge in [-0.05, 0) is 34.9 Å². The molecule has 0 aliphatic carbocycles. The summed E-state index contributed by atoms with van der Waals surface area (Å²) in [6, 6.07) is 27.1. The van der Waals surface area contributed by atoms with Crippen molar-refractivity contribution in [1.82, 2.24) is 9.97 Å². The lowest BCUT2D eigenvalue weighted by Gasteiger charge is -2.19. The van der Waals surface area contributed by atoms with Crippen LogP contribution in [0.25, 0.3) is 31.8 Å². The van der Waals surface area contributed by atoms with E-state index in [0.29, 0.717) is 0 Å². The summed E-state index contributed by atoms with van der Waals surface area (Å²) < 4.78 is 12.0. The predicted octanol–water partition coefficient (Wildman–Crippen LogP) is 6.52. The van der Waals surface area contributed by atoms with E-state index in [1.165, 1.54) is 21.6 Å². The average Bonchev–Trinajstić information content (AvgIpc) is 3.50. The molecular weight excluding hydrogens is 418 g/mol. The molecule has 0 bridgehead atoms. The van der Waals surface area contributed by atoms with Crippen molar-refractivity contribution < 1.29 is 9.47 Å². The van der Waals surface area contributed by atoms with E-state index in [2.05, 4.69) is 69.5 Å². The van der Waals surface area contributed by atoms with Crippen LogP contribution in [0.3, 0.4) is 0 Å². The van der Waals surface area contributed by atoms with Crippen LogP contribution < -0.4 is 14.4 Å². The first kappa shape index (κ1) is 18.8. The van der Waals surface area contributed by atoms with Gasteiger partial charge in [0.2, 0.25) is 6.79 Å². The van der Waals surface area contributed by atoms with Gasteiger partial charge in [-0.2, -0.15) is 0 Å². The topological polar surface area (TPSA) is 47.5 Å². The van der Waals surface area contributed by atoms with E-state index in [0.717, 1.165) is 33.2 Å². The van der Waals surface area contributed by atoms with Gasteiger partial charge in [0.1, 0.15) is 6.33 Å². The number of aromatic nitrogens is 2. The molecule has 0 saturated heterocycles. The van der Waals surface area contributed by atoms with Crippen LogP contribution in [0.2, 0.25) is 0 Å². The second-order valence-corrected chi connectivity index (χ2v) is 8.61. The average molecular weight is 438 g/mol. The van der Waals surface area contributed by atoms with Gasteiger partial charge >= 0.3 is 0 Å². The number of hydrogen-bond donors (Lipinski definition) is 0. The van der Waals surface area contributed by atoms with Gasteiger partial charge in [-0.25, -0.2) is 9.97 Å². The van der Waals surface area contributed by atoms with E-state index in [-0.39, 0.29) is 6.79 Å². The van der Waals surface area contributed by atoms with Crippen molar-refractivity contribution in [2.75, 3.05) is 18.7 Å². The molecule has 0 fully saturated rings. The molecule has 6 rings (SSSR count). The summed E-state index contributed by atoms with van der Waals surface area (Å²) in [6.45, 7) is 0.262. The first-order chi connectivity index (χ1) is 15.8. The van der Waals surface area contributed by atoms with Crippen molar-refractivity contribution in [2.24, 2.45) is 0 Å². The Morgan fingerprint density at radius 1 is 0.781 bits per heavy atom. The van der Waals surface area contributed by atoms with Gasteiger partial charge in [0.05, 0.1) is 10.2 Å². The lowest BCUT2D eigenvalue weighted by molar-refractivity contribution is 0.174. The quantitative estimate of drug-likeness (QED) is 0.320. The minimum absolute atomic E-state index is 0.262. The molecule has 0 amide bonds. The van der Waals surface area contributed by atoms with Crippen molar-refractivity contribution in [2.45, 2.75) is 0 Å². The van der Waals surface area contributed by atoms with Crippen LogP contribution in [0.5, 0.6) is 11.5 Å². The van der Waals surface area contributed by atoms with E-state index in [4.69, 9.17) is 9.47 Å². The highest BCUT2D eigenvalue weighted by Crippen LogP contribution is 2.41. The molecule has 5 aromatic rings. The Balaban J connectivity index is 1.35. The molecule has 5 nitrogen and oxygen atoms in total. The van der Waals surface area contributed by atoms with Crippen LogP contribution in [0.15, 0.2) is 85.2 Å². The lowest BCUT2D eigenvalue weighted by atomic mass is 10.0. The Hall–Kier alpha value is -3.90. The van der Waals surface area contributed by atoms with Crippen molar-refractivity contribution in [1.29, 1.82) is 0 Å². The maximum Gasteiger partial charge on any atom is 0.231 e. The zero-order chi connectivity index (χ0) is 21.5. The highest BCUT2D eigenvalue weighted by Gasteiger charge is 2.18. The number of hydrogen-bond acceptors (Lipinski definition) is 6. The van der Waals surface area contributed by atoms with E-state index < -0.39 is 0 Å². The summed E-state index contributed by atoms with van der Waals surface area (Å²) in [5.41, 5.74) is 5.52. The third kappa shape index (κ3) is 3.25. The normalized spacial score (nSPS) is 12.3. The van der Waals surface area contributed by atoms with Gasteiger partial charge in [-0.3, -0.25) is 0 Å². The van der Waals surface area contributed by atoms with E-state index in [1.807, 2.05) is 31.3 Å². The first-order valence-corrected chi connectivity index (χ1v) is 11.1. The molecule has 0 radical (unpaired) electrons. The fraction of sp³-hybridized carbons (Fsp3) is 0.0769. The minimum Gasteiger partial charge on any atom is -0.454 e. The second kappa shape index (κ2) is 7.66. The Bertz CT molecular complexity index is 1410. The number of anilines is 2. The fourth-order valence-electron chi connectivity index (χ4n) is 3.90. The molecule has 6 heteroatoms. The molecule has 156 valence electrons. The van der Waals surface area contributed by atoms with Crippen LogP contribution in [0.1, 0.15) is 0 Å². The van der Waals surface area contributed by atoms with Crippen LogP contribution >= 0.6 is 11.3 Å². The number of fused-ring (bicyclic) bond motifs is 2. The fourth-order valence-corrected chi connectivity index (χ4v) is 5.04. The summed E-state index contributed by atoms with van der Waals surface area (Å²) in [6.07, 6.45) is 1.62. The Labute approximate surface area is 189 Å². The molecule has 3 heterocycles. The van der Waals surface area contributed by atoms with Gasteiger partial charge in [0.15, 0.2) is 17.3 Å². The van der Waals surface area contributed by atoms with Gasteiger partial charge in [-0.1, -0.05) is 54.6 Å². The summed E-state index contributed by atoms with van der Waals surface area (Å²) in [5, 5.41) is 0. The standard InChI is InChI=1S/C26H19N3O2S/c1-29(20-11-12-22-23(13-20)31-16-30-22)26-25-21(27-15-28-26)14-24(32-25)19-9-7-18(8-10-19)17-5-3-2-4-6-17/h2-15H,16H2,1H3. The predicted molar refractivity (Wildman–Crippen MR) is 129 cm³/mol. The molecule has 0 N–H and O–H groups in total. The highest BCUT2D eigenvalue weighted by atomic mass is 32.1. The summed E-state index contributed by atoms with van der Waals surface area (Å²) >= 11 is 1.70. The van der Waals surface area contributed by atoms with Crippen molar-refractivity contribution in [3.8, 4) is 33.1 Å². The smallest absolute Gasteiger partial charge is 0.231 e. The molecule has 0 atom stereocenters. The highest BCUT2D eigenvalue weighted by molar-refractivity contribution is 7.22. The number of rotatable bonds is 4. The van der Waals surface area contributed by atoms with Crippen molar-refractivity contribution in [3.63, 3.8) is 0 Å². The third-order valence-electron chi connectivity index (χ3n) is 5.63. The number of ether oxygens (including phenoxy) is 2. The van der Waals surface area contributed by atoms with Gasteiger partial charge in [0.25, 0.3) is 0 Å². The molecule has 32 heavy (non-hydrogen) atoms. The molecule has 3 aromatic carbocycles. The third-order valence-corrected chi connectivity index (χ3v) is 6.80. The van der Waals surface area contributed by atoms with E-state index >= 15 is 0 Å². The molecule has 1 aliphatic heterocycles. The van der Waals surface area contributed by atoms with Crippen LogP contribution in [0.4, 0.5) is 11.5 Å². The Morgan fingerprint density at radius 3 is 2.38 bits per heavy atom. The maximum absolute atomic E-state index is 5.54. The maximum atomic E-state index is 5.54. The van der Waals surface area contributed by atoms with Crippen LogP contribution in [-0.4, -0.2) is 23.8 Å². The zero-order valence-electron chi connectivity index (χ0n) is 17.4. The summed E-state index contributed by atoms with van der Waals surface area (Å²) in [7, 11) is 2.01. The molecular formula is C26H19N3O2S. The molecule has 2 aromatic heterocycles. The van der Waals surface area contributed by atoms with Gasteiger partial charge in [-0.15, -0.1) is 11.3 Å². The Kier molecular flexibility index (Phi) is 4.51. The number of thiophene rings is 1. The van der Waals surface area contributed by atoms with Crippen molar-refractivity contribution in [3.05, 3.63) is 85.2 Å². The molecule has 1 aliphatic rings. The lowest BCUT2D eigenvalue weighted by Crippen LogP contribution is -2.11. The largest absolute Gasteiger partial charge is 0.454 e. The van der Waals surface area contributed by atoms with Crippen molar-refractivity contribution >= 4 is 33.1 Å². The first-order valence-electron chi connectivity index (χ1n) is 10.3.